The van der Waals surface area contributed by atoms with Gasteiger partial charge in [-0.05, 0) is 62.2 Å². The van der Waals surface area contributed by atoms with Crippen molar-refractivity contribution in [3.8, 4) is 11.5 Å². The minimum absolute atomic E-state index is 0.00280. The Bertz CT molecular complexity index is 770. The largest absolute Gasteiger partial charge is 0.506 e. The number of thiophene rings is 1. The SMILES string of the molecule is COc1ccsc1CNCCC1(c2ccc(O)cn2)CCOC2(CCCC2)C1. The van der Waals surface area contributed by atoms with Crippen molar-refractivity contribution in [2.75, 3.05) is 20.3 Å². The van der Waals surface area contributed by atoms with Crippen molar-refractivity contribution in [2.45, 2.75) is 62.5 Å². The number of hydrogen-bond acceptors (Lipinski definition) is 6. The molecule has 0 radical (unpaired) electrons. The highest BCUT2D eigenvalue weighted by atomic mass is 32.1. The highest BCUT2D eigenvalue weighted by Crippen LogP contribution is 2.49. The average molecular weight is 403 g/mol. The molecule has 28 heavy (non-hydrogen) atoms. The molecule has 2 fully saturated rings. The molecule has 1 unspecified atom stereocenters. The molecule has 1 atom stereocenters. The van der Waals surface area contributed by atoms with Gasteiger partial charge in [-0.1, -0.05) is 12.8 Å². The lowest BCUT2D eigenvalue weighted by Gasteiger charge is -2.46. The van der Waals surface area contributed by atoms with Gasteiger partial charge in [0.25, 0.3) is 0 Å². The van der Waals surface area contributed by atoms with Gasteiger partial charge in [0.05, 0.1) is 23.8 Å². The van der Waals surface area contributed by atoms with Crippen LogP contribution in [0.5, 0.6) is 11.5 Å². The van der Waals surface area contributed by atoms with Crippen molar-refractivity contribution in [1.29, 1.82) is 0 Å². The van der Waals surface area contributed by atoms with Crippen molar-refractivity contribution in [1.82, 2.24) is 10.3 Å². The van der Waals surface area contributed by atoms with Crippen LogP contribution >= 0.6 is 11.3 Å². The van der Waals surface area contributed by atoms with Gasteiger partial charge >= 0.3 is 0 Å². The van der Waals surface area contributed by atoms with Gasteiger partial charge in [0.15, 0.2) is 0 Å². The second-order valence-electron chi connectivity index (χ2n) is 8.19. The molecule has 3 heterocycles. The van der Waals surface area contributed by atoms with Crippen LogP contribution in [0.25, 0.3) is 0 Å². The summed E-state index contributed by atoms with van der Waals surface area (Å²) in [6.07, 6.45) is 9.45. The molecule has 6 heteroatoms. The maximum atomic E-state index is 9.70. The molecule has 4 rings (SSSR count). The third kappa shape index (κ3) is 4.04. The minimum Gasteiger partial charge on any atom is -0.506 e. The van der Waals surface area contributed by atoms with Gasteiger partial charge in [-0.3, -0.25) is 4.98 Å². The zero-order valence-corrected chi connectivity index (χ0v) is 17.4. The molecule has 152 valence electrons. The number of pyridine rings is 1. The van der Waals surface area contributed by atoms with Crippen LogP contribution in [0.15, 0.2) is 29.8 Å². The summed E-state index contributed by atoms with van der Waals surface area (Å²) in [5.74, 6) is 1.19. The average Bonchev–Trinajstić information content (AvgIpc) is 3.35. The highest BCUT2D eigenvalue weighted by molar-refractivity contribution is 7.10. The molecule has 2 aromatic heterocycles. The van der Waals surface area contributed by atoms with Crippen molar-refractivity contribution in [3.05, 3.63) is 40.3 Å². The monoisotopic (exact) mass is 402 g/mol. The maximum Gasteiger partial charge on any atom is 0.134 e. The smallest absolute Gasteiger partial charge is 0.134 e. The third-order valence-electron chi connectivity index (χ3n) is 6.45. The molecule has 1 aliphatic carbocycles. The van der Waals surface area contributed by atoms with Crippen LogP contribution in [0.1, 0.15) is 55.5 Å². The van der Waals surface area contributed by atoms with E-state index in [-0.39, 0.29) is 16.8 Å². The summed E-state index contributed by atoms with van der Waals surface area (Å²) in [5, 5.41) is 15.4. The van der Waals surface area contributed by atoms with Gasteiger partial charge in [0.2, 0.25) is 0 Å². The summed E-state index contributed by atoms with van der Waals surface area (Å²) < 4.78 is 11.7. The van der Waals surface area contributed by atoms with E-state index in [4.69, 9.17) is 9.47 Å². The summed E-state index contributed by atoms with van der Waals surface area (Å²) in [5.41, 5.74) is 1.12. The minimum atomic E-state index is 0.00280. The van der Waals surface area contributed by atoms with E-state index in [9.17, 15) is 5.11 Å². The Kier molecular flexibility index (Phi) is 5.90. The summed E-state index contributed by atoms with van der Waals surface area (Å²) in [7, 11) is 1.72. The predicted molar refractivity (Wildman–Crippen MR) is 111 cm³/mol. The van der Waals surface area contributed by atoms with Crippen LogP contribution in [0, 0.1) is 0 Å². The Morgan fingerprint density at radius 1 is 1.25 bits per heavy atom. The Labute approximate surface area is 171 Å². The number of rotatable bonds is 7. The highest BCUT2D eigenvalue weighted by Gasteiger charge is 2.48. The lowest BCUT2D eigenvalue weighted by molar-refractivity contribution is -0.104. The van der Waals surface area contributed by atoms with Crippen LogP contribution in [0.2, 0.25) is 0 Å². The predicted octanol–water partition coefficient (Wildman–Crippen LogP) is 4.40. The lowest BCUT2D eigenvalue weighted by Crippen LogP contribution is -2.47. The van der Waals surface area contributed by atoms with Crippen molar-refractivity contribution in [3.63, 3.8) is 0 Å². The van der Waals surface area contributed by atoms with Gasteiger partial charge in [-0.25, -0.2) is 0 Å². The number of aromatic hydroxyl groups is 1. The van der Waals surface area contributed by atoms with E-state index in [1.165, 1.54) is 17.7 Å². The fraction of sp³-hybridized carbons (Fsp3) is 0.591. The first-order valence-electron chi connectivity index (χ1n) is 10.3. The zero-order valence-electron chi connectivity index (χ0n) is 16.6. The molecule has 2 aromatic rings. The van der Waals surface area contributed by atoms with E-state index in [0.29, 0.717) is 0 Å². The fourth-order valence-electron chi connectivity index (χ4n) is 4.99. The number of ether oxygens (including phenoxy) is 2. The third-order valence-corrected chi connectivity index (χ3v) is 7.35. The topological polar surface area (TPSA) is 63.6 Å². The molecule has 0 amide bonds. The number of nitrogens with one attached hydrogen (secondary N) is 1. The maximum absolute atomic E-state index is 9.70. The molecule has 2 N–H and O–H groups in total. The summed E-state index contributed by atoms with van der Waals surface area (Å²) in [4.78, 5) is 5.87. The molecule has 0 aromatic carbocycles. The van der Waals surface area contributed by atoms with Crippen LogP contribution in [-0.2, 0) is 16.7 Å². The lowest BCUT2D eigenvalue weighted by atomic mass is 9.68. The Morgan fingerprint density at radius 3 is 2.86 bits per heavy atom. The Morgan fingerprint density at radius 2 is 2.11 bits per heavy atom. The second-order valence-corrected chi connectivity index (χ2v) is 9.19. The molecule has 1 saturated carbocycles. The second kappa shape index (κ2) is 8.39. The van der Waals surface area contributed by atoms with Crippen molar-refractivity contribution in [2.24, 2.45) is 0 Å². The number of methoxy groups -OCH3 is 1. The molecule has 1 saturated heterocycles. The number of aromatic nitrogens is 1. The molecule has 2 aliphatic rings. The quantitative estimate of drug-likeness (QED) is 0.672. The molecule has 0 bridgehead atoms. The van der Waals surface area contributed by atoms with Crippen LogP contribution < -0.4 is 10.1 Å². The fourth-order valence-corrected chi connectivity index (χ4v) is 5.80. The molecular weight excluding hydrogens is 372 g/mol. The molecule has 1 spiro atoms. The Balaban J connectivity index is 1.48. The van der Waals surface area contributed by atoms with E-state index in [0.717, 1.165) is 63.2 Å². The van der Waals surface area contributed by atoms with Gasteiger partial charge in [0, 0.05) is 24.3 Å². The van der Waals surface area contributed by atoms with Gasteiger partial charge in [0.1, 0.15) is 11.5 Å². The summed E-state index contributed by atoms with van der Waals surface area (Å²) >= 11 is 1.72. The van der Waals surface area contributed by atoms with Gasteiger partial charge in [-0.15, -0.1) is 11.3 Å². The first-order chi connectivity index (χ1) is 13.6. The standard InChI is InChI=1S/C22H30N2O3S/c1-26-18-6-13-28-19(18)15-23-11-9-21(20-5-4-17(25)14-24-20)10-12-27-22(16-21)7-2-3-8-22/h4-6,13-14,23,25H,2-3,7-12,15-16H2,1H3. The van der Waals surface area contributed by atoms with Crippen molar-refractivity contribution < 1.29 is 14.6 Å². The van der Waals surface area contributed by atoms with Gasteiger partial charge in [-0.2, -0.15) is 0 Å². The van der Waals surface area contributed by atoms with Crippen LogP contribution in [0.3, 0.4) is 0 Å². The van der Waals surface area contributed by atoms with Crippen molar-refractivity contribution >= 4 is 11.3 Å². The molecular formula is C22H30N2O3S. The molecule has 5 nitrogen and oxygen atoms in total. The van der Waals surface area contributed by atoms with E-state index >= 15 is 0 Å². The number of hydrogen-bond donors (Lipinski definition) is 2. The van der Waals surface area contributed by atoms with E-state index in [1.54, 1.807) is 30.7 Å². The molecule has 1 aliphatic heterocycles. The van der Waals surface area contributed by atoms with Crippen LogP contribution in [0.4, 0.5) is 0 Å². The normalized spacial score (nSPS) is 23.9. The van der Waals surface area contributed by atoms with E-state index in [2.05, 4.69) is 15.7 Å². The summed E-state index contributed by atoms with van der Waals surface area (Å²) in [6.45, 7) is 2.53. The summed E-state index contributed by atoms with van der Waals surface area (Å²) in [6, 6.07) is 5.79. The van der Waals surface area contributed by atoms with Gasteiger partial charge < -0.3 is 19.9 Å². The Hall–Kier alpha value is -1.63. The zero-order chi connectivity index (χ0) is 19.5. The van der Waals surface area contributed by atoms with E-state index in [1.807, 2.05) is 12.1 Å². The number of nitrogens with zero attached hydrogens (tertiary/aromatic N) is 1. The first kappa shape index (κ1) is 19.7. The van der Waals surface area contributed by atoms with Crippen LogP contribution in [-0.4, -0.2) is 36.0 Å². The first-order valence-corrected chi connectivity index (χ1v) is 11.1. The van der Waals surface area contributed by atoms with E-state index < -0.39 is 0 Å².